The van der Waals surface area contributed by atoms with Gasteiger partial charge in [0.1, 0.15) is 5.92 Å². The van der Waals surface area contributed by atoms with Gasteiger partial charge in [-0.3, -0.25) is 10.5 Å². The van der Waals surface area contributed by atoms with Crippen LogP contribution in [0.5, 0.6) is 0 Å². The number of carbonyl (C=O) groups excluding carboxylic acids is 1. The van der Waals surface area contributed by atoms with Crippen molar-refractivity contribution in [2.24, 2.45) is 5.92 Å². The summed E-state index contributed by atoms with van der Waals surface area (Å²) in [5.41, 5.74) is 6.93. The van der Waals surface area contributed by atoms with Crippen LogP contribution in [0.15, 0.2) is 0 Å². The Bertz CT molecular complexity index is 271. The van der Waals surface area contributed by atoms with E-state index in [1.807, 2.05) is 6.07 Å². The second-order valence-corrected chi connectivity index (χ2v) is 5.72. The average Bonchev–Trinajstić information content (AvgIpc) is 2.43. The molecule has 0 heterocycles. The Balaban J connectivity index is 3.17. The van der Waals surface area contributed by atoms with Gasteiger partial charge in [0.15, 0.2) is 0 Å². The summed E-state index contributed by atoms with van der Waals surface area (Å²) < 4.78 is 0. The zero-order chi connectivity index (χ0) is 15.1. The van der Waals surface area contributed by atoms with Crippen LogP contribution in [-0.4, -0.2) is 5.91 Å². The molecule has 0 fully saturated rings. The first kappa shape index (κ1) is 19.0. The Hall–Kier alpha value is -1.04. The Labute approximate surface area is 124 Å². The molecule has 3 nitrogen and oxygen atoms in total. The molecule has 1 amide bonds. The third-order valence-electron chi connectivity index (χ3n) is 3.82. The van der Waals surface area contributed by atoms with E-state index in [2.05, 4.69) is 6.92 Å². The number of carbonyl (C=O) groups is 1. The van der Waals surface area contributed by atoms with Gasteiger partial charge in [0.25, 0.3) is 5.91 Å². The van der Waals surface area contributed by atoms with Crippen LogP contribution >= 0.6 is 0 Å². The first-order chi connectivity index (χ1) is 9.72. The summed E-state index contributed by atoms with van der Waals surface area (Å²) in [6, 6.07) is 1.90. The monoisotopic (exact) mass is 279 g/mol. The Morgan fingerprint density at radius 1 is 0.900 bits per heavy atom. The molecule has 1 radical (unpaired) electrons. The third-order valence-corrected chi connectivity index (χ3v) is 3.82. The first-order valence-electron chi connectivity index (χ1n) is 8.37. The number of hydrogen-bond donors (Lipinski definition) is 0. The van der Waals surface area contributed by atoms with Crippen molar-refractivity contribution in [3.8, 4) is 6.07 Å². The van der Waals surface area contributed by atoms with E-state index in [-0.39, 0.29) is 0 Å². The highest BCUT2D eigenvalue weighted by Crippen LogP contribution is 2.14. The summed E-state index contributed by atoms with van der Waals surface area (Å²) in [6.45, 7) is 2.25. The van der Waals surface area contributed by atoms with Crippen molar-refractivity contribution in [3.63, 3.8) is 0 Å². The fourth-order valence-corrected chi connectivity index (χ4v) is 2.44. The number of hydrogen-bond acceptors (Lipinski definition) is 2. The summed E-state index contributed by atoms with van der Waals surface area (Å²) in [5.74, 6) is -1.42. The Morgan fingerprint density at radius 2 is 1.30 bits per heavy atom. The molecule has 0 rings (SSSR count). The van der Waals surface area contributed by atoms with Crippen LogP contribution in [0.1, 0.15) is 90.4 Å². The quantitative estimate of drug-likeness (QED) is 0.419. The largest absolute Gasteiger partial charge is 0.272 e. The van der Waals surface area contributed by atoms with Crippen LogP contribution in [0, 0.1) is 17.2 Å². The highest BCUT2D eigenvalue weighted by Gasteiger charge is 2.13. The molecule has 0 bridgehead atoms. The first-order valence-corrected chi connectivity index (χ1v) is 8.37. The van der Waals surface area contributed by atoms with Gasteiger partial charge >= 0.3 is 0 Å². The maximum absolute atomic E-state index is 10.8. The molecule has 115 valence electrons. The van der Waals surface area contributed by atoms with E-state index in [9.17, 15) is 4.79 Å². The van der Waals surface area contributed by atoms with Crippen molar-refractivity contribution in [1.82, 2.24) is 5.73 Å². The summed E-state index contributed by atoms with van der Waals surface area (Å²) >= 11 is 0. The molecule has 0 aliphatic heterocycles. The minimum absolute atomic E-state index is 0.566. The standard InChI is InChI=1S/C17H31N2O/c1-2-3-4-5-6-7-8-9-10-11-12-13-14-16(15-18)17(19)20/h16,19H,2-14H2,1H3. The molecule has 0 saturated heterocycles. The molecule has 0 aromatic carbocycles. The predicted molar refractivity (Wildman–Crippen MR) is 82.9 cm³/mol. The van der Waals surface area contributed by atoms with Crippen LogP contribution in [0.3, 0.4) is 0 Å². The smallest absolute Gasteiger partial charge is 0.255 e. The topological polar surface area (TPSA) is 64.7 Å². The molecule has 1 N–H and O–H groups in total. The number of rotatable bonds is 14. The molecule has 0 aliphatic carbocycles. The van der Waals surface area contributed by atoms with Gasteiger partial charge in [-0.05, 0) is 6.42 Å². The van der Waals surface area contributed by atoms with E-state index >= 15 is 0 Å². The van der Waals surface area contributed by atoms with E-state index in [0.29, 0.717) is 6.42 Å². The normalized spacial score (nSPS) is 12.0. The summed E-state index contributed by atoms with van der Waals surface area (Å²) in [5, 5.41) is 8.68. The van der Waals surface area contributed by atoms with E-state index in [1.165, 1.54) is 64.2 Å². The SMILES string of the molecule is CCCCCCCCCCCCCCC(C#N)C([NH])=O. The zero-order valence-electron chi connectivity index (χ0n) is 13.1. The summed E-state index contributed by atoms with van der Waals surface area (Å²) in [7, 11) is 0. The maximum atomic E-state index is 10.8. The zero-order valence-corrected chi connectivity index (χ0v) is 13.1. The molecule has 20 heavy (non-hydrogen) atoms. The van der Waals surface area contributed by atoms with Gasteiger partial charge in [0, 0.05) is 0 Å². The van der Waals surface area contributed by atoms with Crippen molar-refractivity contribution in [1.29, 1.82) is 5.26 Å². The van der Waals surface area contributed by atoms with Crippen molar-refractivity contribution in [2.75, 3.05) is 0 Å². The van der Waals surface area contributed by atoms with Crippen LogP contribution in [-0.2, 0) is 4.79 Å². The molecule has 1 atom stereocenters. The number of nitriles is 1. The van der Waals surface area contributed by atoms with Crippen molar-refractivity contribution in [3.05, 3.63) is 0 Å². The summed E-state index contributed by atoms with van der Waals surface area (Å²) in [4.78, 5) is 10.8. The second kappa shape index (κ2) is 14.4. The molecule has 3 heteroatoms. The second-order valence-electron chi connectivity index (χ2n) is 5.72. The van der Waals surface area contributed by atoms with Crippen molar-refractivity contribution >= 4 is 5.91 Å². The number of unbranched alkanes of at least 4 members (excludes halogenated alkanes) is 11. The molecule has 0 aromatic heterocycles. The molecule has 0 saturated carbocycles. The minimum Gasteiger partial charge on any atom is -0.272 e. The predicted octanol–water partition coefficient (Wildman–Crippen LogP) is 5.03. The fourth-order valence-electron chi connectivity index (χ4n) is 2.44. The van der Waals surface area contributed by atoms with Crippen LogP contribution in [0.4, 0.5) is 0 Å². The van der Waals surface area contributed by atoms with Gasteiger partial charge in [0.05, 0.1) is 6.07 Å². The maximum Gasteiger partial charge on any atom is 0.255 e. The van der Waals surface area contributed by atoms with Gasteiger partial charge in [-0.2, -0.15) is 5.26 Å². The molecular weight excluding hydrogens is 248 g/mol. The lowest BCUT2D eigenvalue weighted by Crippen LogP contribution is -2.12. The highest BCUT2D eigenvalue weighted by molar-refractivity contribution is 5.78. The van der Waals surface area contributed by atoms with E-state index in [4.69, 9.17) is 11.0 Å². The fraction of sp³-hybridized carbons (Fsp3) is 0.882. The lowest BCUT2D eigenvalue weighted by Gasteiger charge is -2.04. The minimum atomic E-state index is -0.726. The third kappa shape index (κ3) is 12.0. The highest BCUT2D eigenvalue weighted by atomic mass is 16.1. The van der Waals surface area contributed by atoms with Crippen molar-refractivity contribution < 1.29 is 4.79 Å². The molecule has 0 spiro atoms. The molecule has 1 unspecified atom stereocenters. The molecule has 0 aromatic rings. The van der Waals surface area contributed by atoms with E-state index < -0.39 is 11.8 Å². The van der Waals surface area contributed by atoms with Gasteiger partial charge < -0.3 is 0 Å². The lowest BCUT2D eigenvalue weighted by molar-refractivity contribution is -0.121. The number of nitrogens with zero attached hydrogens (tertiary/aromatic N) is 1. The molecular formula is C17H31N2O. The number of nitrogens with one attached hydrogen (secondary N) is 1. The van der Waals surface area contributed by atoms with Gasteiger partial charge in [-0.1, -0.05) is 84.0 Å². The van der Waals surface area contributed by atoms with Gasteiger partial charge in [-0.25, -0.2) is 0 Å². The van der Waals surface area contributed by atoms with Gasteiger partial charge in [0.2, 0.25) is 0 Å². The Kier molecular flexibility index (Phi) is 13.6. The van der Waals surface area contributed by atoms with Gasteiger partial charge in [-0.15, -0.1) is 0 Å². The summed E-state index contributed by atoms with van der Waals surface area (Å²) in [6.07, 6.45) is 15.9. The van der Waals surface area contributed by atoms with E-state index in [1.54, 1.807) is 0 Å². The number of amides is 1. The average molecular weight is 279 g/mol. The van der Waals surface area contributed by atoms with Crippen LogP contribution in [0.25, 0.3) is 0 Å². The van der Waals surface area contributed by atoms with Crippen LogP contribution < -0.4 is 5.73 Å². The lowest BCUT2D eigenvalue weighted by atomic mass is 10.0. The molecule has 0 aliphatic rings. The van der Waals surface area contributed by atoms with E-state index in [0.717, 1.165) is 12.8 Å². The Morgan fingerprint density at radius 3 is 1.65 bits per heavy atom. The van der Waals surface area contributed by atoms with Crippen molar-refractivity contribution in [2.45, 2.75) is 90.4 Å². The van der Waals surface area contributed by atoms with Crippen LogP contribution in [0.2, 0.25) is 0 Å².